The fourth-order valence-corrected chi connectivity index (χ4v) is 4.15. The number of aliphatic imine (C=N–C) groups is 1. The van der Waals surface area contributed by atoms with Gasteiger partial charge in [0.25, 0.3) is 0 Å². The van der Waals surface area contributed by atoms with E-state index in [9.17, 15) is 9.18 Å². The Kier molecular flexibility index (Phi) is 6.44. The van der Waals surface area contributed by atoms with E-state index in [0.29, 0.717) is 24.6 Å². The highest BCUT2D eigenvalue weighted by Gasteiger charge is 2.35. The third-order valence-electron chi connectivity index (χ3n) is 5.85. The first-order valence-corrected chi connectivity index (χ1v) is 9.97. The van der Waals surface area contributed by atoms with Crippen molar-refractivity contribution in [2.24, 2.45) is 16.6 Å². The summed E-state index contributed by atoms with van der Waals surface area (Å²) in [6, 6.07) is -0.292. The van der Waals surface area contributed by atoms with Gasteiger partial charge in [-0.1, -0.05) is 13.0 Å². The van der Waals surface area contributed by atoms with E-state index in [0.717, 1.165) is 26.1 Å². The van der Waals surface area contributed by atoms with Gasteiger partial charge in [0.15, 0.2) is 0 Å². The molecular formula is C20H32FN5O. The van der Waals surface area contributed by atoms with Gasteiger partial charge in [0.2, 0.25) is 5.91 Å². The lowest BCUT2D eigenvalue weighted by Crippen LogP contribution is -2.63. The molecule has 0 bridgehead atoms. The van der Waals surface area contributed by atoms with Gasteiger partial charge >= 0.3 is 0 Å². The molecule has 0 spiro atoms. The quantitative estimate of drug-likeness (QED) is 0.760. The maximum atomic E-state index is 14.9. The lowest BCUT2D eigenvalue weighted by molar-refractivity contribution is -0.128. The molecule has 27 heavy (non-hydrogen) atoms. The number of hydrogen-bond acceptors (Lipinski definition) is 5. The number of piperidine rings is 1. The Morgan fingerprint density at radius 2 is 1.96 bits per heavy atom. The van der Waals surface area contributed by atoms with E-state index in [2.05, 4.69) is 27.0 Å². The van der Waals surface area contributed by atoms with Gasteiger partial charge in [0.05, 0.1) is 17.8 Å². The molecule has 1 unspecified atom stereocenters. The summed E-state index contributed by atoms with van der Waals surface area (Å²) in [7, 11) is 0. The second-order valence-electron chi connectivity index (χ2n) is 8.27. The molecule has 2 saturated heterocycles. The SMILES string of the molecule is CC(C(=O)N[C@@H]1C[C@H](C)CN([C@@H](C)/C(F)=C2\CC=CC=N2)C1)N1CC(N)C1. The van der Waals surface area contributed by atoms with Gasteiger partial charge < -0.3 is 11.1 Å². The van der Waals surface area contributed by atoms with Crippen molar-refractivity contribution < 1.29 is 9.18 Å². The summed E-state index contributed by atoms with van der Waals surface area (Å²) in [6.07, 6.45) is 6.84. The van der Waals surface area contributed by atoms with Crippen LogP contribution in [-0.4, -0.2) is 72.3 Å². The van der Waals surface area contributed by atoms with Crippen LogP contribution in [0, 0.1) is 5.92 Å². The summed E-state index contributed by atoms with van der Waals surface area (Å²) in [5.74, 6) is 0.263. The van der Waals surface area contributed by atoms with Gasteiger partial charge in [0.1, 0.15) is 5.83 Å². The number of dihydropyridines is 1. The molecule has 6 nitrogen and oxygen atoms in total. The third-order valence-corrected chi connectivity index (χ3v) is 5.85. The molecule has 0 aromatic heterocycles. The minimum Gasteiger partial charge on any atom is -0.351 e. The molecule has 3 N–H and O–H groups in total. The molecule has 0 aromatic rings. The summed E-state index contributed by atoms with van der Waals surface area (Å²) in [6.45, 7) is 8.99. The second kappa shape index (κ2) is 8.63. The molecule has 7 heteroatoms. The van der Waals surface area contributed by atoms with Gasteiger partial charge in [-0.25, -0.2) is 4.39 Å². The topological polar surface area (TPSA) is 74.0 Å². The van der Waals surface area contributed by atoms with Crippen LogP contribution in [0.5, 0.6) is 0 Å². The highest BCUT2D eigenvalue weighted by molar-refractivity contribution is 5.81. The van der Waals surface area contributed by atoms with Gasteiger partial charge in [-0.3, -0.25) is 19.6 Å². The summed E-state index contributed by atoms with van der Waals surface area (Å²) in [5.41, 5.74) is 6.32. The van der Waals surface area contributed by atoms with Crippen molar-refractivity contribution in [2.75, 3.05) is 26.2 Å². The zero-order valence-corrected chi connectivity index (χ0v) is 16.6. The van der Waals surface area contributed by atoms with Crippen LogP contribution >= 0.6 is 0 Å². The minimum atomic E-state index is -0.336. The molecule has 0 aromatic carbocycles. The van der Waals surface area contributed by atoms with Crippen LogP contribution in [0.15, 0.2) is 28.7 Å². The summed E-state index contributed by atoms with van der Waals surface area (Å²) in [4.78, 5) is 21.0. The van der Waals surface area contributed by atoms with E-state index in [-0.39, 0.29) is 35.9 Å². The monoisotopic (exact) mass is 377 g/mol. The maximum absolute atomic E-state index is 14.9. The Morgan fingerprint density at radius 3 is 2.59 bits per heavy atom. The number of carbonyl (C=O) groups excluding carboxylic acids is 1. The Balaban J connectivity index is 1.59. The van der Waals surface area contributed by atoms with E-state index in [1.807, 2.05) is 26.0 Å². The average molecular weight is 378 g/mol. The molecule has 2 fully saturated rings. The fourth-order valence-electron chi connectivity index (χ4n) is 4.15. The molecular weight excluding hydrogens is 345 g/mol. The molecule has 4 atom stereocenters. The van der Waals surface area contributed by atoms with E-state index in [1.165, 1.54) is 0 Å². The van der Waals surface area contributed by atoms with Crippen LogP contribution in [-0.2, 0) is 4.79 Å². The lowest BCUT2D eigenvalue weighted by Gasteiger charge is -2.42. The van der Waals surface area contributed by atoms with Crippen molar-refractivity contribution in [1.82, 2.24) is 15.1 Å². The van der Waals surface area contributed by atoms with E-state index >= 15 is 0 Å². The van der Waals surface area contributed by atoms with Gasteiger partial charge in [0, 0.05) is 50.9 Å². The van der Waals surface area contributed by atoms with Crippen molar-refractivity contribution in [2.45, 2.75) is 57.8 Å². The summed E-state index contributed by atoms with van der Waals surface area (Å²) < 4.78 is 14.9. The number of nitrogens with two attached hydrogens (primary N) is 1. The van der Waals surface area contributed by atoms with Gasteiger partial charge in [-0.2, -0.15) is 0 Å². The first-order chi connectivity index (χ1) is 12.8. The molecule has 0 aliphatic carbocycles. The number of allylic oxidation sites excluding steroid dienone is 2. The fraction of sp³-hybridized carbons (Fsp3) is 0.700. The Morgan fingerprint density at radius 1 is 1.26 bits per heavy atom. The molecule has 3 aliphatic rings. The number of hydrogen-bond donors (Lipinski definition) is 2. The molecule has 0 saturated carbocycles. The summed E-state index contributed by atoms with van der Waals surface area (Å²) in [5, 5.41) is 3.17. The number of halogens is 1. The predicted octanol–water partition coefficient (Wildman–Crippen LogP) is 1.44. The van der Waals surface area contributed by atoms with Crippen LogP contribution in [0.3, 0.4) is 0 Å². The highest BCUT2D eigenvalue weighted by Crippen LogP contribution is 2.26. The normalized spacial score (nSPS) is 31.3. The third kappa shape index (κ3) is 4.83. The van der Waals surface area contributed by atoms with E-state index < -0.39 is 0 Å². The van der Waals surface area contributed by atoms with Crippen LogP contribution in [0.1, 0.15) is 33.6 Å². The van der Waals surface area contributed by atoms with E-state index in [4.69, 9.17) is 5.73 Å². The minimum absolute atomic E-state index is 0.0358. The van der Waals surface area contributed by atoms with Crippen molar-refractivity contribution in [3.8, 4) is 0 Å². The number of amides is 1. The molecule has 1 amide bonds. The molecule has 0 radical (unpaired) electrons. The smallest absolute Gasteiger partial charge is 0.237 e. The predicted molar refractivity (Wildman–Crippen MR) is 106 cm³/mol. The number of nitrogens with zero attached hydrogens (tertiary/aromatic N) is 3. The average Bonchev–Trinajstić information content (AvgIpc) is 2.64. The van der Waals surface area contributed by atoms with Crippen molar-refractivity contribution in [1.29, 1.82) is 0 Å². The Bertz CT molecular complexity index is 640. The molecule has 3 aliphatic heterocycles. The van der Waals surface area contributed by atoms with Crippen molar-refractivity contribution >= 4 is 12.1 Å². The first-order valence-electron chi connectivity index (χ1n) is 9.97. The Hall–Kier alpha value is -1.57. The molecule has 3 rings (SSSR count). The lowest BCUT2D eigenvalue weighted by atomic mass is 9.94. The number of likely N-dealkylation sites (tertiary alicyclic amines) is 2. The maximum Gasteiger partial charge on any atom is 0.237 e. The van der Waals surface area contributed by atoms with E-state index in [1.54, 1.807) is 6.21 Å². The second-order valence-corrected chi connectivity index (χ2v) is 8.27. The molecule has 150 valence electrons. The van der Waals surface area contributed by atoms with Gasteiger partial charge in [-0.05, 0) is 32.3 Å². The Labute approximate surface area is 161 Å². The van der Waals surface area contributed by atoms with Crippen LogP contribution in [0.25, 0.3) is 0 Å². The zero-order valence-electron chi connectivity index (χ0n) is 16.6. The van der Waals surface area contributed by atoms with Crippen molar-refractivity contribution in [3.05, 3.63) is 23.7 Å². The van der Waals surface area contributed by atoms with Gasteiger partial charge in [-0.15, -0.1) is 0 Å². The largest absolute Gasteiger partial charge is 0.351 e. The number of rotatable bonds is 5. The number of nitrogens with one attached hydrogen (secondary N) is 1. The summed E-state index contributed by atoms with van der Waals surface area (Å²) >= 11 is 0. The standard InChI is InChI=1S/C20H32FN5O/c1-13-8-17(24-20(27)15(3)26-10-16(22)11-26)12-25(9-13)14(2)19(21)18-6-4-5-7-23-18/h4-5,7,13-17H,6,8-12,22H2,1-3H3,(H,24,27)/b19-18-/t13-,14-,15?,17+/m0/s1. The zero-order chi connectivity index (χ0) is 19.6. The highest BCUT2D eigenvalue weighted by atomic mass is 19.1. The van der Waals surface area contributed by atoms with Crippen LogP contribution in [0.2, 0.25) is 0 Å². The van der Waals surface area contributed by atoms with Crippen LogP contribution in [0.4, 0.5) is 4.39 Å². The first kappa shape index (κ1) is 20.2. The number of carbonyl (C=O) groups is 1. The molecule has 3 heterocycles. The van der Waals surface area contributed by atoms with Crippen molar-refractivity contribution in [3.63, 3.8) is 0 Å². The van der Waals surface area contributed by atoms with Crippen LogP contribution < -0.4 is 11.1 Å².